The molecule has 2 unspecified atom stereocenters. The van der Waals surface area contributed by atoms with Crippen molar-refractivity contribution in [2.24, 2.45) is 0 Å². The summed E-state index contributed by atoms with van der Waals surface area (Å²) in [5, 5.41) is 5.97. The molecule has 0 aromatic heterocycles. The zero-order valence-electron chi connectivity index (χ0n) is 11.6. The fraction of sp³-hybridized carbons (Fsp3) is 0.500. The molecule has 1 amide bonds. The second kappa shape index (κ2) is 5.35. The van der Waals surface area contributed by atoms with Crippen LogP contribution in [0, 0.1) is 0 Å². The number of hydrogen-bond donors (Lipinski definition) is 2. The van der Waals surface area contributed by atoms with E-state index in [1.807, 2.05) is 12.1 Å². The van der Waals surface area contributed by atoms with Crippen molar-refractivity contribution < 1.29 is 9.53 Å². The fourth-order valence-corrected chi connectivity index (χ4v) is 3.49. The molecule has 0 bridgehead atoms. The first-order valence-corrected chi connectivity index (χ1v) is 7.53. The van der Waals surface area contributed by atoms with Gasteiger partial charge in [0.1, 0.15) is 6.04 Å². The van der Waals surface area contributed by atoms with Gasteiger partial charge in [-0.2, -0.15) is 0 Å². The maximum atomic E-state index is 11.9. The number of nitrogens with zero attached hydrogens (tertiary/aromatic N) is 1. The molecular formula is C14H18BrN3O2. The van der Waals surface area contributed by atoms with Gasteiger partial charge in [-0.05, 0) is 41.5 Å². The van der Waals surface area contributed by atoms with Gasteiger partial charge in [0.15, 0.2) is 0 Å². The molecule has 3 rings (SSSR count). The van der Waals surface area contributed by atoms with E-state index < -0.39 is 0 Å². The average molecular weight is 340 g/mol. The highest BCUT2D eigenvalue weighted by Crippen LogP contribution is 2.39. The lowest BCUT2D eigenvalue weighted by Crippen LogP contribution is -2.32. The van der Waals surface area contributed by atoms with E-state index in [4.69, 9.17) is 4.74 Å². The van der Waals surface area contributed by atoms with E-state index in [1.165, 1.54) is 0 Å². The van der Waals surface area contributed by atoms with Gasteiger partial charge in [0.05, 0.1) is 18.3 Å². The van der Waals surface area contributed by atoms with Crippen LogP contribution >= 0.6 is 15.9 Å². The Morgan fingerprint density at radius 2 is 2.30 bits per heavy atom. The number of halogens is 1. The molecule has 1 aromatic carbocycles. The van der Waals surface area contributed by atoms with E-state index in [2.05, 4.69) is 38.5 Å². The van der Waals surface area contributed by atoms with Crippen LogP contribution in [-0.4, -0.2) is 39.3 Å². The molecular weight excluding hydrogens is 322 g/mol. The normalized spacial score (nSPS) is 24.6. The monoisotopic (exact) mass is 339 g/mol. The van der Waals surface area contributed by atoms with Gasteiger partial charge >= 0.3 is 0 Å². The molecule has 2 aliphatic heterocycles. The van der Waals surface area contributed by atoms with Crippen molar-refractivity contribution >= 4 is 33.2 Å². The maximum absolute atomic E-state index is 11.9. The Bertz CT molecular complexity index is 543. The average Bonchev–Trinajstić information content (AvgIpc) is 3.04. The molecule has 0 spiro atoms. The van der Waals surface area contributed by atoms with E-state index in [1.54, 1.807) is 7.05 Å². The van der Waals surface area contributed by atoms with Crippen LogP contribution < -0.4 is 15.5 Å². The molecule has 2 N–H and O–H groups in total. The predicted molar refractivity (Wildman–Crippen MR) is 82.2 cm³/mol. The molecule has 2 heterocycles. The van der Waals surface area contributed by atoms with Gasteiger partial charge < -0.3 is 20.3 Å². The van der Waals surface area contributed by atoms with Crippen molar-refractivity contribution in [1.82, 2.24) is 5.32 Å². The molecule has 108 valence electrons. The van der Waals surface area contributed by atoms with Crippen molar-refractivity contribution in [2.45, 2.75) is 18.5 Å². The van der Waals surface area contributed by atoms with E-state index in [9.17, 15) is 4.79 Å². The Kier molecular flexibility index (Phi) is 3.70. The summed E-state index contributed by atoms with van der Waals surface area (Å²) in [6.45, 7) is 1.57. The summed E-state index contributed by atoms with van der Waals surface area (Å²) < 4.78 is 6.45. The van der Waals surface area contributed by atoms with Gasteiger partial charge in [-0.1, -0.05) is 0 Å². The predicted octanol–water partition coefficient (Wildman–Crippen LogP) is 1.89. The highest BCUT2D eigenvalue weighted by atomic mass is 79.9. The van der Waals surface area contributed by atoms with E-state index in [-0.39, 0.29) is 11.9 Å². The third kappa shape index (κ3) is 2.21. The summed E-state index contributed by atoms with van der Waals surface area (Å²) in [5.74, 6) is -0.00148. The quantitative estimate of drug-likeness (QED) is 0.882. The number of ether oxygens (including phenoxy) is 1. The minimum Gasteiger partial charge on any atom is -0.379 e. The first-order valence-electron chi connectivity index (χ1n) is 6.74. The van der Waals surface area contributed by atoms with Crippen LogP contribution in [0.15, 0.2) is 16.6 Å². The van der Waals surface area contributed by atoms with Crippen molar-refractivity contribution in [3.63, 3.8) is 0 Å². The Morgan fingerprint density at radius 1 is 1.50 bits per heavy atom. The van der Waals surface area contributed by atoms with E-state index in [0.717, 1.165) is 41.0 Å². The first kappa shape index (κ1) is 13.9. The van der Waals surface area contributed by atoms with Crippen molar-refractivity contribution in [1.29, 1.82) is 0 Å². The summed E-state index contributed by atoms with van der Waals surface area (Å²) in [4.78, 5) is 14.1. The highest BCUT2D eigenvalue weighted by molar-refractivity contribution is 9.10. The SMILES string of the molecule is CNC1C(=O)Nc2cc(N(C)C3CCOC3)c(Br)cc21. The topological polar surface area (TPSA) is 53.6 Å². The number of carbonyl (C=O) groups is 1. The molecule has 1 fully saturated rings. The fourth-order valence-electron chi connectivity index (χ4n) is 2.85. The van der Waals surface area contributed by atoms with Gasteiger partial charge in [-0.15, -0.1) is 0 Å². The van der Waals surface area contributed by atoms with Crippen LogP contribution in [0.25, 0.3) is 0 Å². The number of hydrogen-bond acceptors (Lipinski definition) is 4. The molecule has 5 nitrogen and oxygen atoms in total. The minimum absolute atomic E-state index is 0.00148. The molecule has 0 saturated carbocycles. The highest BCUT2D eigenvalue weighted by Gasteiger charge is 2.31. The summed E-state index contributed by atoms with van der Waals surface area (Å²) >= 11 is 3.62. The van der Waals surface area contributed by atoms with Crippen LogP contribution in [0.5, 0.6) is 0 Å². The second-order valence-electron chi connectivity index (χ2n) is 5.23. The maximum Gasteiger partial charge on any atom is 0.246 e. The zero-order chi connectivity index (χ0) is 14.3. The number of carbonyl (C=O) groups excluding carboxylic acids is 1. The Balaban J connectivity index is 1.94. The number of fused-ring (bicyclic) bond motifs is 1. The summed E-state index contributed by atoms with van der Waals surface area (Å²) in [7, 11) is 3.86. The number of benzene rings is 1. The van der Waals surface area contributed by atoms with Crippen molar-refractivity contribution in [3.8, 4) is 0 Å². The first-order chi connectivity index (χ1) is 9.61. The van der Waals surface area contributed by atoms with Gasteiger partial charge in [0, 0.05) is 29.4 Å². The smallest absolute Gasteiger partial charge is 0.246 e. The summed E-state index contributed by atoms with van der Waals surface area (Å²) in [5.41, 5.74) is 2.96. The van der Waals surface area contributed by atoms with E-state index in [0.29, 0.717) is 6.04 Å². The van der Waals surface area contributed by atoms with Gasteiger partial charge in [-0.25, -0.2) is 0 Å². The third-order valence-electron chi connectivity index (χ3n) is 4.07. The van der Waals surface area contributed by atoms with Crippen LogP contribution in [0.4, 0.5) is 11.4 Å². The molecule has 0 aliphatic carbocycles. The minimum atomic E-state index is -0.268. The Morgan fingerprint density at radius 3 is 2.95 bits per heavy atom. The molecule has 1 saturated heterocycles. The summed E-state index contributed by atoms with van der Waals surface area (Å²) in [6.07, 6.45) is 1.03. The van der Waals surface area contributed by atoms with Crippen LogP contribution in [0.3, 0.4) is 0 Å². The number of nitrogens with one attached hydrogen (secondary N) is 2. The van der Waals surface area contributed by atoms with Gasteiger partial charge in [0.25, 0.3) is 0 Å². The molecule has 0 radical (unpaired) electrons. The standard InChI is InChI=1S/C14H18BrN3O2/c1-16-13-9-5-10(15)12(6-11(9)17-14(13)19)18(2)8-3-4-20-7-8/h5-6,8,13,16H,3-4,7H2,1-2H3,(H,17,19). The number of anilines is 2. The number of rotatable bonds is 3. The van der Waals surface area contributed by atoms with Gasteiger partial charge in [0.2, 0.25) is 5.91 Å². The number of amides is 1. The van der Waals surface area contributed by atoms with E-state index >= 15 is 0 Å². The van der Waals surface area contributed by atoms with Crippen molar-refractivity contribution in [3.05, 3.63) is 22.2 Å². The molecule has 2 aliphatic rings. The van der Waals surface area contributed by atoms with Crippen molar-refractivity contribution in [2.75, 3.05) is 37.5 Å². The largest absolute Gasteiger partial charge is 0.379 e. The lowest BCUT2D eigenvalue weighted by molar-refractivity contribution is -0.117. The van der Waals surface area contributed by atoms with Crippen LogP contribution in [0.2, 0.25) is 0 Å². The van der Waals surface area contributed by atoms with Crippen LogP contribution in [-0.2, 0) is 9.53 Å². The Labute approximate surface area is 126 Å². The Hall–Kier alpha value is -1.11. The zero-order valence-corrected chi connectivity index (χ0v) is 13.2. The third-order valence-corrected chi connectivity index (χ3v) is 4.71. The lowest BCUT2D eigenvalue weighted by atomic mass is 10.1. The summed E-state index contributed by atoms with van der Waals surface area (Å²) in [6, 6.07) is 4.18. The molecule has 6 heteroatoms. The lowest BCUT2D eigenvalue weighted by Gasteiger charge is -2.27. The molecule has 20 heavy (non-hydrogen) atoms. The van der Waals surface area contributed by atoms with Crippen LogP contribution in [0.1, 0.15) is 18.0 Å². The molecule has 1 aromatic rings. The molecule has 2 atom stereocenters. The van der Waals surface area contributed by atoms with Gasteiger partial charge in [-0.3, -0.25) is 4.79 Å². The second-order valence-corrected chi connectivity index (χ2v) is 6.08. The number of likely N-dealkylation sites (N-methyl/N-ethyl adjacent to an activating group) is 2.